The summed E-state index contributed by atoms with van der Waals surface area (Å²) >= 11 is 0. The van der Waals surface area contributed by atoms with Crippen molar-refractivity contribution in [1.82, 2.24) is 10.8 Å². The predicted molar refractivity (Wildman–Crippen MR) is 98.3 cm³/mol. The number of rotatable bonds is 12. The lowest BCUT2D eigenvalue weighted by molar-refractivity contribution is -0.384. The molecule has 0 aliphatic heterocycles. The van der Waals surface area contributed by atoms with Crippen molar-refractivity contribution in [2.75, 3.05) is 20.0 Å². The van der Waals surface area contributed by atoms with Gasteiger partial charge < -0.3 is 14.8 Å². The molecule has 2 atom stereocenters. The van der Waals surface area contributed by atoms with Gasteiger partial charge in [-0.25, -0.2) is 5.48 Å². The van der Waals surface area contributed by atoms with Crippen molar-refractivity contribution in [2.24, 2.45) is 5.92 Å². The molecule has 152 valence electrons. The molecular formula is C18H23N3O7. The molecule has 0 unspecified atom stereocenters. The fourth-order valence-corrected chi connectivity index (χ4v) is 2.36. The summed E-state index contributed by atoms with van der Waals surface area (Å²) in [6.07, 6.45) is 5.43. The molecule has 0 fully saturated rings. The molecule has 0 aliphatic rings. The van der Waals surface area contributed by atoms with Crippen LogP contribution in [0.4, 0.5) is 5.69 Å². The number of hydrogen-bond acceptors (Lipinski definition) is 7. The van der Waals surface area contributed by atoms with Crippen LogP contribution in [0.25, 0.3) is 0 Å². The van der Waals surface area contributed by atoms with E-state index in [2.05, 4.69) is 11.2 Å². The van der Waals surface area contributed by atoms with E-state index in [-0.39, 0.29) is 37.5 Å². The van der Waals surface area contributed by atoms with Gasteiger partial charge in [-0.1, -0.05) is 0 Å². The highest BCUT2D eigenvalue weighted by atomic mass is 16.7. The van der Waals surface area contributed by atoms with Gasteiger partial charge in [-0.05, 0) is 25.5 Å². The average molecular weight is 393 g/mol. The molecule has 1 rings (SSSR count). The fraction of sp³-hybridized carbons (Fsp3) is 0.444. The van der Waals surface area contributed by atoms with E-state index in [1.165, 1.54) is 24.3 Å². The Balaban J connectivity index is 2.84. The summed E-state index contributed by atoms with van der Waals surface area (Å²) in [5.74, 6) is 0.444. The van der Waals surface area contributed by atoms with E-state index in [4.69, 9.17) is 21.1 Å². The van der Waals surface area contributed by atoms with Crippen LogP contribution in [0, 0.1) is 28.4 Å². The first-order chi connectivity index (χ1) is 13.4. The molecule has 0 heterocycles. The second-order valence-corrected chi connectivity index (χ2v) is 5.77. The average Bonchev–Trinajstić information content (AvgIpc) is 2.70. The summed E-state index contributed by atoms with van der Waals surface area (Å²) in [5, 5.41) is 22.3. The molecule has 0 radical (unpaired) electrons. The fourth-order valence-electron chi connectivity index (χ4n) is 2.36. The number of nitrogens with zero attached hydrogens (tertiary/aromatic N) is 1. The summed E-state index contributed by atoms with van der Waals surface area (Å²) in [6, 6.07) is 4.47. The molecule has 3 N–H and O–H groups in total. The summed E-state index contributed by atoms with van der Waals surface area (Å²) in [6.45, 7) is 2.29. The van der Waals surface area contributed by atoms with E-state index in [0.717, 1.165) is 0 Å². The smallest absolute Gasteiger partial charge is 0.269 e. The van der Waals surface area contributed by atoms with Crippen LogP contribution in [0.1, 0.15) is 30.1 Å². The highest BCUT2D eigenvalue weighted by molar-refractivity contribution is 5.94. The number of hydroxylamine groups is 1. The van der Waals surface area contributed by atoms with Gasteiger partial charge in [0.05, 0.1) is 23.5 Å². The predicted octanol–water partition coefficient (Wildman–Crippen LogP) is 1.24. The number of nitro groups is 1. The molecule has 10 heteroatoms. The summed E-state index contributed by atoms with van der Waals surface area (Å²) in [7, 11) is 0. The Kier molecular flexibility index (Phi) is 10.2. The third kappa shape index (κ3) is 7.71. The zero-order valence-corrected chi connectivity index (χ0v) is 15.4. The molecular weight excluding hydrogens is 370 g/mol. The number of nitrogens with one attached hydrogen (secondary N) is 2. The maximum Gasteiger partial charge on any atom is 0.269 e. The van der Waals surface area contributed by atoms with Crippen LogP contribution in [0.3, 0.4) is 0 Å². The number of ether oxygens (including phenoxy) is 2. The lowest BCUT2D eigenvalue weighted by Crippen LogP contribution is -2.42. The molecule has 0 spiro atoms. The van der Waals surface area contributed by atoms with E-state index >= 15 is 0 Å². The van der Waals surface area contributed by atoms with E-state index < -0.39 is 28.7 Å². The lowest BCUT2D eigenvalue weighted by atomic mass is 9.96. The summed E-state index contributed by atoms with van der Waals surface area (Å²) < 4.78 is 10.4. The van der Waals surface area contributed by atoms with E-state index in [1.54, 1.807) is 12.4 Å². The second kappa shape index (κ2) is 12.4. The third-order valence-electron chi connectivity index (χ3n) is 3.78. The number of carbonyl (C=O) groups excluding carboxylic acids is 2. The van der Waals surface area contributed by atoms with E-state index in [1.807, 2.05) is 0 Å². The van der Waals surface area contributed by atoms with Gasteiger partial charge in [0.25, 0.3) is 11.6 Å². The van der Waals surface area contributed by atoms with Gasteiger partial charge in [-0.2, -0.15) is 0 Å². The minimum atomic E-state index is -0.743. The number of non-ortho nitro benzene ring substituents is 1. The van der Waals surface area contributed by atoms with Gasteiger partial charge in [-0.15, -0.1) is 12.3 Å². The Morgan fingerprint density at radius 2 is 2.00 bits per heavy atom. The number of hydrogen-bond donors (Lipinski definition) is 3. The Hall–Kier alpha value is -3.00. The van der Waals surface area contributed by atoms with Crippen molar-refractivity contribution in [1.29, 1.82) is 0 Å². The van der Waals surface area contributed by atoms with Gasteiger partial charge in [0.1, 0.15) is 6.79 Å². The molecule has 0 aromatic heterocycles. The van der Waals surface area contributed by atoms with E-state index in [9.17, 15) is 19.7 Å². The minimum absolute atomic E-state index is 0.00635. The van der Waals surface area contributed by atoms with Crippen LogP contribution in [0.5, 0.6) is 0 Å². The largest absolute Gasteiger partial charge is 0.356 e. The van der Waals surface area contributed by atoms with Crippen LogP contribution >= 0.6 is 0 Å². The van der Waals surface area contributed by atoms with E-state index in [0.29, 0.717) is 6.61 Å². The van der Waals surface area contributed by atoms with Crippen LogP contribution in [-0.2, 0) is 14.3 Å². The first-order valence-electron chi connectivity index (χ1n) is 8.51. The molecule has 2 amide bonds. The second-order valence-electron chi connectivity index (χ2n) is 5.77. The first-order valence-corrected chi connectivity index (χ1v) is 8.51. The standard InChI is InChI=1S/C18H23N3O7/c1-3-5-14(18(23)20-24)10-15(11-28-12-27-4-2)19-17(22)13-6-8-16(9-7-13)21(25)26/h1,6-9,14-15,24H,4-5,10-12H2,2H3,(H,19,22)(H,20,23)/t14-,15-/m0/s1. The molecule has 0 saturated carbocycles. The van der Waals surface area contributed by atoms with Crippen molar-refractivity contribution in [3.05, 3.63) is 39.9 Å². The quantitative estimate of drug-likeness (QED) is 0.121. The van der Waals surface area contributed by atoms with Crippen LogP contribution in [0.2, 0.25) is 0 Å². The topological polar surface area (TPSA) is 140 Å². The highest BCUT2D eigenvalue weighted by Gasteiger charge is 2.24. The molecule has 1 aromatic rings. The molecule has 0 saturated heterocycles. The van der Waals surface area contributed by atoms with Gasteiger partial charge in [0.2, 0.25) is 5.91 Å². The number of benzene rings is 1. The lowest BCUT2D eigenvalue weighted by Gasteiger charge is -2.22. The molecule has 10 nitrogen and oxygen atoms in total. The number of terminal acetylenes is 1. The maximum absolute atomic E-state index is 12.4. The number of carbonyl (C=O) groups is 2. The molecule has 1 aromatic carbocycles. The van der Waals surface area contributed by atoms with Crippen LogP contribution < -0.4 is 10.8 Å². The van der Waals surface area contributed by atoms with Gasteiger partial charge in [0.15, 0.2) is 0 Å². The van der Waals surface area contributed by atoms with Gasteiger partial charge >= 0.3 is 0 Å². The highest BCUT2D eigenvalue weighted by Crippen LogP contribution is 2.15. The molecule has 0 aliphatic carbocycles. The van der Waals surface area contributed by atoms with Crippen molar-refractivity contribution >= 4 is 17.5 Å². The SMILES string of the molecule is C#CC[C@@H](C[C@@H](COCOCC)NC(=O)c1ccc([N+](=O)[O-])cc1)C(=O)NO. The zero-order valence-electron chi connectivity index (χ0n) is 15.4. The normalized spacial score (nSPS) is 12.5. The van der Waals surface area contributed by atoms with Crippen molar-refractivity contribution < 1.29 is 29.2 Å². The van der Waals surface area contributed by atoms with Crippen molar-refractivity contribution in [2.45, 2.75) is 25.8 Å². The maximum atomic E-state index is 12.4. The Morgan fingerprint density at radius 1 is 1.32 bits per heavy atom. The van der Waals surface area contributed by atoms with Crippen LogP contribution in [0.15, 0.2) is 24.3 Å². The van der Waals surface area contributed by atoms with Gasteiger partial charge in [-0.3, -0.25) is 24.9 Å². The third-order valence-corrected chi connectivity index (χ3v) is 3.78. The molecule has 28 heavy (non-hydrogen) atoms. The minimum Gasteiger partial charge on any atom is -0.356 e. The van der Waals surface area contributed by atoms with Crippen molar-refractivity contribution in [3.8, 4) is 12.3 Å². The number of nitro benzene ring substituents is 1. The van der Waals surface area contributed by atoms with Crippen molar-refractivity contribution in [3.63, 3.8) is 0 Å². The Bertz CT molecular complexity index is 700. The summed E-state index contributed by atoms with van der Waals surface area (Å²) in [5.41, 5.74) is 1.63. The number of amides is 2. The van der Waals surface area contributed by atoms with Crippen LogP contribution in [-0.4, -0.2) is 48.0 Å². The monoisotopic (exact) mass is 393 g/mol. The first kappa shape index (κ1) is 23.0. The summed E-state index contributed by atoms with van der Waals surface area (Å²) in [4.78, 5) is 34.4. The zero-order chi connectivity index (χ0) is 20.9. The van der Waals surface area contributed by atoms with Gasteiger partial charge in [0, 0.05) is 30.7 Å². The Labute approximate surface area is 162 Å². The Morgan fingerprint density at radius 3 is 2.54 bits per heavy atom. The molecule has 0 bridgehead atoms.